The van der Waals surface area contributed by atoms with Gasteiger partial charge in [-0.1, -0.05) is 48.5 Å². The average molecular weight is 726 g/mol. The number of anilines is 1. The van der Waals surface area contributed by atoms with Crippen molar-refractivity contribution in [1.29, 1.82) is 0 Å². The van der Waals surface area contributed by atoms with Gasteiger partial charge in [0.1, 0.15) is 11.4 Å². The number of urea groups is 1. The van der Waals surface area contributed by atoms with E-state index in [9.17, 15) is 19.5 Å². The lowest BCUT2D eigenvalue weighted by Crippen LogP contribution is -2.59. The molecule has 4 aliphatic rings. The number of carbonyl (C=O) groups is 3. The van der Waals surface area contributed by atoms with Crippen LogP contribution in [0.1, 0.15) is 48.9 Å². The molecule has 4 heterocycles. The molecule has 2 aromatic carbocycles. The van der Waals surface area contributed by atoms with Gasteiger partial charge in [0.15, 0.2) is 0 Å². The lowest BCUT2D eigenvalue weighted by Gasteiger charge is -2.36. The lowest BCUT2D eigenvalue weighted by atomic mass is 9.93. The molecule has 13 heteroatoms. The third-order valence-corrected chi connectivity index (χ3v) is 11.2. The number of carbonyl (C=O) groups excluding carboxylic acids is 3. The molecule has 3 aliphatic heterocycles. The molecule has 3 atom stereocenters. The van der Waals surface area contributed by atoms with E-state index in [0.29, 0.717) is 34.6 Å². The Labute approximate surface area is 308 Å². The van der Waals surface area contributed by atoms with Gasteiger partial charge in [0.2, 0.25) is 5.88 Å². The molecule has 0 saturated carbocycles. The van der Waals surface area contributed by atoms with E-state index in [1.807, 2.05) is 37.3 Å². The van der Waals surface area contributed by atoms with Gasteiger partial charge in [0.25, 0.3) is 11.8 Å². The molecular formula is C39H44ClN7O5. The van der Waals surface area contributed by atoms with Crippen molar-refractivity contribution in [2.75, 3.05) is 45.7 Å². The summed E-state index contributed by atoms with van der Waals surface area (Å²) in [5, 5.41) is 19.4. The second-order valence-corrected chi connectivity index (χ2v) is 14.6. The Bertz CT molecular complexity index is 2010. The Morgan fingerprint density at radius 2 is 1.94 bits per heavy atom. The monoisotopic (exact) mass is 725 g/mol. The first-order valence-electron chi connectivity index (χ1n) is 17.6. The second kappa shape index (κ2) is 13.9. The van der Waals surface area contributed by atoms with Gasteiger partial charge < -0.3 is 30.7 Å². The van der Waals surface area contributed by atoms with Crippen LogP contribution in [0.2, 0.25) is 5.02 Å². The largest absolute Gasteiger partial charge is 0.481 e. The van der Waals surface area contributed by atoms with Crippen molar-refractivity contribution in [1.82, 2.24) is 30.3 Å². The third kappa shape index (κ3) is 6.39. The third-order valence-electron chi connectivity index (χ3n) is 10.8. The summed E-state index contributed by atoms with van der Waals surface area (Å²) in [4.78, 5) is 49.1. The number of methoxy groups -OCH3 is 1. The van der Waals surface area contributed by atoms with Gasteiger partial charge in [0.05, 0.1) is 29.5 Å². The number of nitrogens with zero attached hydrogens (tertiary/aromatic N) is 4. The maximum Gasteiger partial charge on any atom is 0.315 e. The quantitative estimate of drug-likeness (QED) is 0.239. The summed E-state index contributed by atoms with van der Waals surface area (Å²) in [6, 6.07) is 13.6. The molecular weight excluding hydrogens is 682 g/mol. The lowest BCUT2D eigenvalue weighted by molar-refractivity contribution is -0.128. The molecule has 12 nitrogen and oxygen atoms in total. The van der Waals surface area contributed by atoms with Crippen LogP contribution in [0.5, 0.6) is 5.88 Å². The highest BCUT2D eigenvalue weighted by Crippen LogP contribution is 2.46. The van der Waals surface area contributed by atoms with Gasteiger partial charge >= 0.3 is 6.03 Å². The van der Waals surface area contributed by atoms with Crippen LogP contribution in [-0.4, -0.2) is 94.6 Å². The highest BCUT2D eigenvalue weighted by atomic mass is 35.5. The number of hydrogen-bond acceptors (Lipinski definition) is 8. The van der Waals surface area contributed by atoms with Crippen molar-refractivity contribution in [3.8, 4) is 28.3 Å². The van der Waals surface area contributed by atoms with Crippen molar-refractivity contribution in [2.24, 2.45) is 0 Å². The van der Waals surface area contributed by atoms with Crippen LogP contribution in [0.15, 0.2) is 66.6 Å². The predicted molar refractivity (Wildman–Crippen MR) is 200 cm³/mol. The molecule has 4 N–H and O–H groups in total. The Morgan fingerprint density at radius 3 is 2.69 bits per heavy atom. The number of halogens is 1. The molecule has 3 aromatic rings. The number of aliphatic hydroxyl groups is 1. The van der Waals surface area contributed by atoms with E-state index in [-0.39, 0.29) is 29.7 Å². The summed E-state index contributed by atoms with van der Waals surface area (Å²) in [7, 11) is 3.20. The van der Waals surface area contributed by atoms with Gasteiger partial charge in [-0.2, -0.15) is 0 Å². The number of likely N-dealkylation sites (tertiary alicyclic amines) is 1. The smallest absolute Gasteiger partial charge is 0.315 e. The fourth-order valence-corrected chi connectivity index (χ4v) is 8.37. The minimum Gasteiger partial charge on any atom is -0.481 e. The summed E-state index contributed by atoms with van der Waals surface area (Å²) in [6.07, 6.45) is 4.37. The number of hydrogen-bond donors (Lipinski definition) is 4. The maximum atomic E-state index is 13.5. The molecule has 272 valence electrons. The fraction of sp³-hybridized carbons (Fsp3) is 0.385. The molecule has 0 radical (unpaired) electrons. The Kier molecular flexibility index (Phi) is 9.49. The Balaban J connectivity index is 1.15. The molecule has 1 spiro atoms. The first-order chi connectivity index (χ1) is 24.9. The van der Waals surface area contributed by atoms with E-state index in [0.717, 1.165) is 66.6 Å². The summed E-state index contributed by atoms with van der Waals surface area (Å²) in [5.74, 6) is -0.103. The van der Waals surface area contributed by atoms with E-state index in [1.54, 1.807) is 32.0 Å². The number of fused-ring (bicyclic) bond motifs is 1. The number of β-amino-alcohol motifs (C(OH)–C–C–N with tert-alkyl or cyclic N) is 1. The number of benzene rings is 2. The van der Waals surface area contributed by atoms with Crippen LogP contribution in [0.3, 0.4) is 0 Å². The number of ether oxygens (including phenoxy) is 1. The van der Waals surface area contributed by atoms with Crippen molar-refractivity contribution >= 4 is 35.1 Å². The van der Waals surface area contributed by atoms with Crippen LogP contribution >= 0.6 is 11.6 Å². The number of likely N-dealkylation sites (N-methyl/N-ethyl adjacent to an activating group) is 1. The van der Waals surface area contributed by atoms with E-state index in [2.05, 4.69) is 33.5 Å². The van der Waals surface area contributed by atoms with E-state index in [4.69, 9.17) is 21.3 Å². The topological polar surface area (TPSA) is 139 Å². The number of aryl methyl sites for hydroxylation is 1. The van der Waals surface area contributed by atoms with Gasteiger partial charge in [-0.3, -0.25) is 19.4 Å². The molecule has 0 bridgehead atoms. The zero-order valence-electron chi connectivity index (χ0n) is 29.9. The highest BCUT2D eigenvalue weighted by molar-refractivity contribution is 6.36. The summed E-state index contributed by atoms with van der Waals surface area (Å²) in [5.41, 5.74) is 6.37. The fourth-order valence-electron chi connectivity index (χ4n) is 8.05. The summed E-state index contributed by atoms with van der Waals surface area (Å²) < 4.78 is 5.93. The Morgan fingerprint density at radius 1 is 1.19 bits per heavy atom. The Hall–Kier alpha value is -4.91. The molecule has 3 unspecified atom stereocenters. The van der Waals surface area contributed by atoms with Crippen molar-refractivity contribution in [2.45, 2.75) is 57.2 Å². The van der Waals surface area contributed by atoms with Crippen LogP contribution in [0, 0.1) is 6.92 Å². The molecule has 4 amide bonds. The molecule has 52 heavy (non-hydrogen) atoms. The summed E-state index contributed by atoms with van der Waals surface area (Å²) in [6.45, 7) is 10.0. The van der Waals surface area contributed by atoms with Gasteiger partial charge in [-0.25, -0.2) is 9.78 Å². The number of nitrogens with one attached hydrogen (secondary N) is 3. The number of amides is 4. The van der Waals surface area contributed by atoms with Crippen LogP contribution in [0.4, 0.5) is 10.5 Å². The molecule has 1 aromatic heterocycles. The van der Waals surface area contributed by atoms with Gasteiger partial charge in [-0.15, -0.1) is 0 Å². The molecule has 1 aliphatic carbocycles. The number of aromatic nitrogens is 1. The zero-order valence-corrected chi connectivity index (χ0v) is 30.6. The van der Waals surface area contributed by atoms with Crippen LogP contribution < -0.4 is 20.7 Å². The number of rotatable bonds is 8. The average Bonchev–Trinajstić information content (AvgIpc) is 3.73. The van der Waals surface area contributed by atoms with E-state index in [1.165, 1.54) is 16.7 Å². The van der Waals surface area contributed by atoms with Crippen molar-refractivity contribution in [3.05, 3.63) is 88.4 Å². The van der Waals surface area contributed by atoms with E-state index < -0.39 is 17.9 Å². The number of pyridine rings is 1. The first-order valence-corrected chi connectivity index (χ1v) is 18.0. The SMILES string of the molecule is C=C1N(CC(C)O)C=C(C(=O)Nc2cccc(-c3cccc(-c4cc5c(c(OC)n4)C(N4CCC6(CCNC(=O)N6)C4)CC5)c3Cl)c2C)C(=O)N1C. The minimum atomic E-state index is -0.697. The predicted octanol–water partition coefficient (Wildman–Crippen LogP) is 4.97. The molecule has 2 saturated heterocycles. The normalized spacial score (nSPS) is 22.2. The van der Waals surface area contributed by atoms with Crippen LogP contribution in [0.25, 0.3) is 22.4 Å². The standard InChI is InChI=1S/C39H44ClN7O5/c1-22(48)19-47-20-29(37(50)45(4)24(47)3)35(49)42-30-11-7-8-26(23(30)2)27-9-6-10-28(34(27)40)31-18-25-12-13-32(33(25)36(43-31)52-5)46-17-15-39(21-46)14-16-41-38(51)44-39/h6-11,18,20,22,32,48H,3,12-17,19,21H2,1-2,4-5H3,(H,42,49)(H2,41,44,51). The van der Waals surface area contributed by atoms with Crippen molar-refractivity contribution in [3.63, 3.8) is 0 Å². The first kappa shape index (κ1) is 35.5. The zero-order chi connectivity index (χ0) is 36.9. The van der Waals surface area contributed by atoms with Gasteiger partial charge in [0, 0.05) is 67.8 Å². The maximum absolute atomic E-state index is 13.5. The summed E-state index contributed by atoms with van der Waals surface area (Å²) >= 11 is 7.20. The van der Waals surface area contributed by atoms with Crippen LogP contribution in [-0.2, 0) is 16.0 Å². The second-order valence-electron chi connectivity index (χ2n) is 14.2. The molecule has 2 fully saturated rings. The molecule has 7 rings (SSSR count). The minimum absolute atomic E-state index is 0.0680. The van der Waals surface area contributed by atoms with Crippen molar-refractivity contribution < 1.29 is 24.2 Å². The van der Waals surface area contributed by atoms with Gasteiger partial charge in [-0.05, 0) is 68.4 Å². The van der Waals surface area contributed by atoms with E-state index >= 15 is 0 Å². The number of aliphatic hydroxyl groups excluding tert-OH is 1. The highest BCUT2D eigenvalue weighted by Gasteiger charge is 2.45.